The summed E-state index contributed by atoms with van der Waals surface area (Å²) in [7, 11) is 0. The van der Waals surface area contributed by atoms with Gasteiger partial charge in [-0.2, -0.15) is 0 Å². The number of nitrogens with zero attached hydrogens (tertiary/aromatic N) is 2. The van der Waals surface area contributed by atoms with Crippen molar-refractivity contribution < 1.29 is 14.0 Å². The molecule has 0 aliphatic carbocycles. The molecule has 160 valence electrons. The van der Waals surface area contributed by atoms with E-state index in [4.69, 9.17) is 0 Å². The van der Waals surface area contributed by atoms with Gasteiger partial charge in [-0.05, 0) is 49.6 Å². The molecule has 8 heteroatoms. The maximum atomic E-state index is 13.7. The number of rotatable bonds is 6. The molecule has 0 unspecified atom stereocenters. The number of halogens is 1. The molecular formula is C23H23FN4O2S. The molecule has 1 fully saturated rings. The molecule has 6 nitrogen and oxygen atoms in total. The second kappa shape index (κ2) is 9.70. The van der Waals surface area contributed by atoms with E-state index < -0.39 is 11.7 Å². The Morgan fingerprint density at radius 1 is 1.03 bits per heavy atom. The molecule has 0 atom stereocenters. The fourth-order valence-electron chi connectivity index (χ4n) is 3.56. The summed E-state index contributed by atoms with van der Waals surface area (Å²) in [6.07, 6.45) is 3.73. The highest BCUT2D eigenvalue weighted by Crippen LogP contribution is 2.23. The monoisotopic (exact) mass is 438 g/mol. The number of hydrogen-bond donors (Lipinski definition) is 2. The molecular weight excluding hydrogens is 415 g/mol. The van der Waals surface area contributed by atoms with E-state index in [0.717, 1.165) is 24.5 Å². The average Bonchev–Trinajstić information content (AvgIpc) is 3.21. The van der Waals surface area contributed by atoms with Gasteiger partial charge in [-0.3, -0.25) is 14.9 Å². The summed E-state index contributed by atoms with van der Waals surface area (Å²) in [6, 6.07) is 13.6. The Hall–Kier alpha value is -3.26. The van der Waals surface area contributed by atoms with Crippen LogP contribution in [0.2, 0.25) is 0 Å². The van der Waals surface area contributed by atoms with Crippen molar-refractivity contribution in [2.75, 3.05) is 28.6 Å². The standard InChI is InChI=1S/C23H23FN4O2S/c24-20-10-3-2-9-19(20)22(30)27-23-26-17(15-31-23)14-21(29)25-16-7-6-8-18(13-16)28-11-4-1-5-12-28/h2-3,6-10,13,15H,1,4-5,11-12,14H2,(H,25,29)(H,26,27,30). The molecule has 2 heterocycles. The van der Waals surface area contributed by atoms with Crippen LogP contribution >= 0.6 is 11.3 Å². The Morgan fingerprint density at radius 2 is 1.84 bits per heavy atom. The number of hydrogen-bond acceptors (Lipinski definition) is 5. The second-order valence-electron chi connectivity index (χ2n) is 7.40. The molecule has 2 aromatic carbocycles. The van der Waals surface area contributed by atoms with Crippen LogP contribution in [0.15, 0.2) is 53.9 Å². The van der Waals surface area contributed by atoms with E-state index in [1.165, 1.54) is 48.8 Å². The number of amides is 2. The van der Waals surface area contributed by atoms with Crippen LogP contribution in [0.25, 0.3) is 0 Å². The summed E-state index contributed by atoms with van der Waals surface area (Å²) in [4.78, 5) is 31.3. The van der Waals surface area contributed by atoms with E-state index in [0.29, 0.717) is 10.8 Å². The van der Waals surface area contributed by atoms with Gasteiger partial charge >= 0.3 is 0 Å². The molecule has 4 rings (SSSR count). The third-order valence-corrected chi connectivity index (χ3v) is 5.89. The predicted molar refractivity (Wildman–Crippen MR) is 121 cm³/mol. The van der Waals surface area contributed by atoms with Crippen LogP contribution < -0.4 is 15.5 Å². The third-order valence-electron chi connectivity index (χ3n) is 5.08. The summed E-state index contributed by atoms with van der Waals surface area (Å²) < 4.78 is 13.7. The van der Waals surface area contributed by atoms with E-state index in [1.54, 1.807) is 11.4 Å². The Bertz CT molecular complexity index is 1080. The van der Waals surface area contributed by atoms with Gasteiger partial charge in [0, 0.05) is 29.8 Å². The first-order valence-electron chi connectivity index (χ1n) is 10.2. The lowest BCUT2D eigenvalue weighted by Crippen LogP contribution is -2.29. The topological polar surface area (TPSA) is 74.3 Å². The predicted octanol–water partition coefficient (Wildman–Crippen LogP) is 4.71. The van der Waals surface area contributed by atoms with Crippen LogP contribution in [-0.2, 0) is 11.2 Å². The van der Waals surface area contributed by atoms with Crippen molar-refractivity contribution in [2.45, 2.75) is 25.7 Å². The highest BCUT2D eigenvalue weighted by atomic mass is 32.1. The highest BCUT2D eigenvalue weighted by molar-refractivity contribution is 7.14. The van der Waals surface area contributed by atoms with Crippen molar-refractivity contribution in [2.24, 2.45) is 0 Å². The SMILES string of the molecule is O=C(Cc1csc(NC(=O)c2ccccc2F)n1)Nc1cccc(N2CCCCC2)c1. The number of thiazole rings is 1. The van der Waals surface area contributed by atoms with Crippen molar-refractivity contribution in [1.29, 1.82) is 0 Å². The van der Waals surface area contributed by atoms with Gasteiger partial charge in [-0.1, -0.05) is 18.2 Å². The molecule has 0 radical (unpaired) electrons. The number of benzene rings is 2. The largest absolute Gasteiger partial charge is 0.371 e. The molecule has 0 saturated carbocycles. The number of anilines is 3. The highest BCUT2D eigenvalue weighted by Gasteiger charge is 2.15. The van der Waals surface area contributed by atoms with Crippen LogP contribution in [0.3, 0.4) is 0 Å². The molecule has 1 aliphatic rings. The fourth-order valence-corrected chi connectivity index (χ4v) is 4.26. The quantitative estimate of drug-likeness (QED) is 0.585. The molecule has 2 N–H and O–H groups in total. The summed E-state index contributed by atoms with van der Waals surface area (Å²) in [5, 5.41) is 7.52. The van der Waals surface area contributed by atoms with Crippen molar-refractivity contribution in [3.05, 3.63) is 71.0 Å². The number of aromatic nitrogens is 1. The minimum Gasteiger partial charge on any atom is -0.371 e. The number of carbonyl (C=O) groups is 2. The lowest BCUT2D eigenvalue weighted by atomic mass is 10.1. The maximum absolute atomic E-state index is 13.7. The molecule has 2 amide bonds. The average molecular weight is 439 g/mol. The first-order valence-corrected chi connectivity index (χ1v) is 11.1. The number of carbonyl (C=O) groups excluding carboxylic acids is 2. The Kier molecular flexibility index (Phi) is 6.57. The molecule has 31 heavy (non-hydrogen) atoms. The van der Waals surface area contributed by atoms with Crippen molar-refractivity contribution in [3.8, 4) is 0 Å². The molecule has 0 bridgehead atoms. The molecule has 3 aromatic rings. The van der Waals surface area contributed by atoms with Crippen molar-refractivity contribution in [1.82, 2.24) is 4.98 Å². The van der Waals surface area contributed by atoms with Crippen molar-refractivity contribution >= 4 is 39.7 Å². The summed E-state index contributed by atoms with van der Waals surface area (Å²) >= 11 is 1.20. The van der Waals surface area contributed by atoms with E-state index in [1.807, 2.05) is 18.2 Å². The zero-order valence-electron chi connectivity index (χ0n) is 16.9. The molecule has 0 spiro atoms. The number of piperidine rings is 1. The van der Waals surface area contributed by atoms with Crippen LogP contribution in [0.5, 0.6) is 0 Å². The summed E-state index contributed by atoms with van der Waals surface area (Å²) in [5.41, 5.74) is 2.35. The second-order valence-corrected chi connectivity index (χ2v) is 8.26. The van der Waals surface area contributed by atoms with Crippen LogP contribution in [0, 0.1) is 5.82 Å². The van der Waals surface area contributed by atoms with E-state index >= 15 is 0 Å². The first kappa shape index (κ1) is 21.0. The lowest BCUT2D eigenvalue weighted by Gasteiger charge is -2.29. The van der Waals surface area contributed by atoms with Gasteiger partial charge < -0.3 is 10.2 Å². The summed E-state index contributed by atoms with van der Waals surface area (Å²) in [5.74, 6) is -1.35. The van der Waals surface area contributed by atoms with Gasteiger partial charge in [-0.15, -0.1) is 11.3 Å². The molecule has 1 aliphatic heterocycles. The van der Waals surface area contributed by atoms with Crippen LogP contribution in [0.4, 0.5) is 20.9 Å². The molecule has 1 saturated heterocycles. The van der Waals surface area contributed by atoms with Gasteiger partial charge in [-0.25, -0.2) is 9.37 Å². The lowest BCUT2D eigenvalue weighted by molar-refractivity contribution is -0.115. The van der Waals surface area contributed by atoms with Crippen molar-refractivity contribution in [3.63, 3.8) is 0 Å². The van der Waals surface area contributed by atoms with Gasteiger partial charge in [0.1, 0.15) is 5.82 Å². The Balaban J connectivity index is 1.34. The minimum atomic E-state index is -0.594. The van der Waals surface area contributed by atoms with E-state index in [-0.39, 0.29) is 17.9 Å². The third kappa shape index (κ3) is 5.46. The Labute approximate surface area is 184 Å². The minimum absolute atomic E-state index is 0.0504. The van der Waals surface area contributed by atoms with Gasteiger partial charge in [0.05, 0.1) is 17.7 Å². The van der Waals surface area contributed by atoms with Gasteiger partial charge in [0.25, 0.3) is 5.91 Å². The smallest absolute Gasteiger partial charge is 0.260 e. The van der Waals surface area contributed by atoms with Crippen LogP contribution in [-0.4, -0.2) is 29.9 Å². The summed E-state index contributed by atoms with van der Waals surface area (Å²) in [6.45, 7) is 2.08. The van der Waals surface area contributed by atoms with E-state index in [2.05, 4.69) is 26.6 Å². The van der Waals surface area contributed by atoms with Gasteiger partial charge in [0.15, 0.2) is 5.13 Å². The normalized spacial score (nSPS) is 13.6. The van der Waals surface area contributed by atoms with Gasteiger partial charge in [0.2, 0.25) is 5.91 Å². The fraction of sp³-hybridized carbons (Fsp3) is 0.261. The zero-order chi connectivity index (χ0) is 21.6. The number of nitrogens with one attached hydrogen (secondary N) is 2. The van der Waals surface area contributed by atoms with Crippen LogP contribution in [0.1, 0.15) is 35.3 Å². The first-order chi connectivity index (χ1) is 15.1. The zero-order valence-corrected chi connectivity index (χ0v) is 17.8. The Morgan fingerprint density at radius 3 is 2.65 bits per heavy atom. The molecule has 1 aromatic heterocycles. The van der Waals surface area contributed by atoms with E-state index in [9.17, 15) is 14.0 Å². The maximum Gasteiger partial charge on any atom is 0.260 e.